The van der Waals surface area contributed by atoms with Crippen molar-refractivity contribution in [2.24, 2.45) is 17.3 Å². The molecule has 5 nitrogen and oxygen atoms in total. The van der Waals surface area contributed by atoms with Crippen molar-refractivity contribution in [2.45, 2.75) is 56.4 Å². The number of hydrogen-bond donors (Lipinski definition) is 0. The summed E-state index contributed by atoms with van der Waals surface area (Å²) in [5.41, 5.74) is -0.146. The van der Waals surface area contributed by atoms with Gasteiger partial charge in [0.2, 0.25) is 5.78 Å². The quantitative estimate of drug-likeness (QED) is 0.398. The van der Waals surface area contributed by atoms with E-state index in [1.807, 2.05) is 0 Å². The summed E-state index contributed by atoms with van der Waals surface area (Å²) in [5, 5.41) is 0. The molecule has 0 saturated heterocycles. The predicted molar refractivity (Wildman–Crippen MR) is 105 cm³/mol. The van der Waals surface area contributed by atoms with Crippen molar-refractivity contribution in [1.29, 1.82) is 0 Å². The molecule has 0 N–H and O–H groups in total. The number of alkyl halides is 1. The molecule has 152 valence electrons. The third-order valence-corrected chi connectivity index (χ3v) is 7.19. The molecule has 3 atom stereocenters. The first-order chi connectivity index (χ1) is 13.3. The second-order valence-electron chi connectivity index (χ2n) is 8.87. The predicted octanol–water partition coefficient (Wildman–Crippen LogP) is 4.40. The lowest BCUT2D eigenvalue weighted by Gasteiger charge is -2.58. The molecular weight excluding hydrogens is 380 g/mol. The molecule has 4 aliphatic rings. The van der Waals surface area contributed by atoms with Crippen LogP contribution in [0.1, 0.15) is 55.8 Å². The molecule has 28 heavy (non-hydrogen) atoms. The van der Waals surface area contributed by atoms with Crippen LogP contribution in [0.15, 0.2) is 18.2 Å². The van der Waals surface area contributed by atoms with Gasteiger partial charge in [-0.05, 0) is 69.4 Å². The van der Waals surface area contributed by atoms with Gasteiger partial charge in [-0.2, -0.15) is 0 Å². The Bertz CT molecular complexity index is 790. The van der Waals surface area contributed by atoms with Crippen molar-refractivity contribution in [3.63, 3.8) is 0 Å². The highest BCUT2D eigenvalue weighted by atomic mass is 35.5. The summed E-state index contributed by atoms with van der Waals surface area (Å²) in [7, 11) is 3.05. The molecule has 0 aromatic heterocycles. The van der Waals surface area contributed by atoms with Crippen molar-refractivity contribution >= 4 is 23.4 Å². The minimum Gasteiger partial charge on any atom is -0.497 e. The van der Waals surface area contributed by atoms with E-state index in [1.165, 1.54) is 13.5 Å². The van der Waals surface area contributed by atoms with E-state index in [0.29, 0.717) is 35.3 Å². The van der Waals surface area contributed by atoms with Crippen LogP contribution >= 0.6 is 11.6 Å². The zero-order valence-corrected chi connectivity index (χ0v) is 17.4. The van der Waals surface area contributed by atoms with E-state index >= 15 is 0 Å². The van der Waals surface area contributed by atoms with E-state index in [-0.39, 0.29) is 16.6 Å². The van der Waals surface area contributed by atoms with Crippen LogP contribution in [0.2, 0.25) is 0 Å². The third-order valence-electron chi connectivity index (χ3n) is 6.75. The number of carbonyl (C=O) groups excluding carboxylic acids is 2. The fourth-order valence-electron chi connectivity index (χ4n) is 5.95. The van der Waals surface area contributed by atoms with Gasteiger partial charge in [-0.15, -0.1) is 11.6 Å². The van der Waals surface area contributed by atoms with Crippen LogP contribution in [0.4, 0.5) is 0 Å². The van der Waals surface area contributed by atoms with Crippen molar-refractivity contribution in [2.75, 3.05) is 14.2 Å². The molecule has 3 unspecified atom stereocenters. The summed E-state index contributed by atoms with van der Waals surface area (Å²) in [6.45, 7) is 1.63. The number of ketones is 1. The fourth-order valence-corrected chi connectivity index (χ4v) is 6.64. The third kappa shape index (κ3) is 3.28. The molecule has 1 aromatic carbocycles. The number of esters is 1. The zero-order chi connectivity index (χ0) is 20.1. The lowest BCUT2D eigenvalue weighted by atomic mass is 9.49. The number of ether oxygens (including phenoxy) is 3. The second kappa shape index (κ2) is 6.94. The monoisotopic (exact) mass is 406 g/mol. The molecule has 6 heteroatoms. The van der Waals surface area contributed by atoms with Crippen LogP contribution in [-0.4, -0.2) is 37.0 Å². The summed E-state index contributed by atoms with van der Waals surface area (Å²) in [6.07, 6.45) is 4.62. The van der Waals surface area contributed by atoms with E-state index in [9.17, 15) is 9.59 Å². The van der Waals surface area contributed by atoms with Gasteiger partial charge in [-0.3, -0.25) is 9.59 Å². The number of carbonyl (C=O) groups is 2. The smallest absolute Gasteiger partial charge is 0.312 e. The molecule has 4 bridgehead atoms. The van der Waals surface area contributed by atoms with Crippen molar-refractivity contribution in [1.82, 2.24) is 0 Å². The molecule has 1 aromatic rings. The van der Waals surface area contributed by atoms with Gasteiger partial charge >= 0.3 is 5.97 Å². The van der Waals surface area contributed by atoms with E-state index < -0.39 is 11.5 Å². The molecule has 0 amide bonds. The van der Waals surface area contributed by atoms with Crippen LogP contribution in [0.3, 0.4) is 0 Å². The molecular formula is C22H27ClO5. The number of hydrogen-bond acceptors (Lipinski definition) is 5. The van der Waals surface area contributed by atoms with Gasteiger partial charge in [0.15, 0.2) is 6.10 Å². The molecule has 4 saturated carbocycles. The van der Waals surface area contributed by atoms with Gasteiger partial charge in [0.05, 0.1) is 25.2 Å². The maximum Gasteiger partial charge on any atom is 0.312 e. The van der Waals surface area contributed by atoms with Crippen molar-refractivity contribution < 1.29 is 23.8 Å². The normalized spacial score (nSPS) is 34.0. The number of Topliss-reactive ketones (excluding diaryl/α,β-unsaturated/α-hetero) is 1. The first-order valence-electron chi connectivity index (χ1n) is 9.94. The Labute approximate surface area is 170 Å². The highest BCUT2D eigenvalue weighted by Gasteiger charge is 2.61. The molecule has 5 rings (SSSR count). The minimum atomic E-state index is -0.880. The SMILES string of the molecule is COc1ccc(C(=O)C(C)OC(=O)C23CC4CC(CC(Cl)(C4)C2)C3)c(OC)c1. The Morgan fingerprint density at radius 3 is 2.36 bits per heavy atom. The highest BCUT2D eigenvalue weighted by Crippen LogP contribution is 2.64. The van der Waals surface area contributed by atoms with Gasteiger partial charge in [0.25, 0.3) is 0 Å². The Hall–Kier alpha value is -1.75. The van der Waals surface area contributed by atoms with E-state index in [2.05, 4.69) is 0 Å². The zero-order valence-electron chi connectivity index (χ0n) is 16.6. The lowest BCUT2D eigenvalue weighted by molar-refractivity contribution is -0.172. The summed E-state index contributed by atoms with van der Waals surface area (Å²) in [4.78, 5) is 25.8. The van der Waals surface area contributed by atoms with Gasteiger partial charge in [-0.25, -0.2) is 0 Å². The maximum atomic E-state index is 13.2. The summed E-state index contributed by atoms with van der Waals surface area (Å²) in [6, 6.07) is 4.99. The number of rotatable bonds is 6. The second-order valence-corrected chi connectivity index (χ2v) is 9.67. The number of benzene rings is 1. The summed E-state index contributed by atoms with van der Waals surface area (Å²) in [5.74, 6) is 1.46. The Balaban J connectivity index is 1.50. The summed E-state index contributed by atoms with van der Waals surface area (Å²) >= 11 is 6.82. The van der Waals surface area contributed by atoms with Crippen LogP contribution in [-0.2, 0) is 9.53 Å². The topological polar surface area (TPSA) is 61.8 Å². The Kier molecular flexibility index (Phi) is 4.85. The van der Waals surface area contributed by atoms with Gasteiger partial charge < -0.3 is 14.2 Å². The van der Waals surface area contributed by atoms with E-state index in [4.69, 9.17) is 25.8 Å². The van der Waals surface area contributed by atoms with Gasteiger partial charge in [-0.1, -0.05) is 0 Å². The average molecular weight is 407 g/mol. The van der Waals surface area contributed by atoms with Crippen molar-refractivity contribution in [3.8, 4) is 11.5 Å². The van der Waals surface area contributed by atoms with Crippen LogP contribution in [0.5, 0.6) is 11.5 Å². The first kappa shape index (κ1) is 19.6. The minimum absolute atomic E-state index is 0.264. The van der Waals surface area contributed by atoms with E-state index in [1.54, 1.807) is 32.2 Å². The number of halogens is 1. The van der Waals surface area contributed by atoms with Crippen LogP contribution in [0.25, 0.3) is 0 Å². The van der Waals surface area contributed by atoms with Crippen LogP contribution < -0.4 is 9.47 Å². The molecule has 0 spiro atoms. The largest absolute Gasteiger partial charge is 0.497 e. The standard InChI is InChI=1S/C22H27ClO5/c1-13(19(24)17-5-4-16(26-2)7-18(17)27-3)28-20(25)21-8-14-6-15(9-21)11-22(23,10-14)12-21/h4-5,7,13-15H,6,8-12H2,1-3H3. The molecule has 0 heterocycles. The molecule has 0 aliphatic heterocycles. The Morgan fingerprint density at radius 2 is 1.79 bits per heavy atom. The van der Waals surface area contributed by atoms with Gasteiger partial charge in [0, 0.05) is 10.9 Å². The van der Waals surface area contributed by atoms with E-state index in [0.717, 1.165) is 25.7 Å². The summed E-state index contributed by atoms with van der Waals surface area (Å²) < 4.78 is 16.2. The number of methoxy groups -OCH3 is 2. The maximum absolute atomic E-state index is 13.2. The molecule has 4 aliphatic carbocycles. The Morgan fingerprint density at radius 1 is 1.11 bits per heavy atom. The van der Waals surface area contributed by atoms with Crippen LogP contribution in [0, 0.1) is 17.3 Å². The average Bonchev–Trinajstić information content (AvgIpc) is 2.64. The van der Waals surface area contributed by atoms with Gasteiger partial charge in [0.1, 0.15) is 11.5 Å². The molecule has 0 radical (unpaired) electrons. The lowest BCUT2D eigenvalue weighted by Crippen LogP contribution is -2.56. The fraction of sp³-hybridized carbons (Fsp3) is 0.636. The first-order valence-corrected chi connectivity index (χ1v) is 10.3. The highest BCUT2D eigenvalue weighted by molar-refractivity contribution is 6.24. The molecule has 4 fully saturated rings. The van der Waals surface area contributed by atoms with Crippen molar-refractivity contribution in [3.05, 3.63) is 23.8 Å².